The number of nitriles is 1. The van der Waals surface area contributed by atoms with Gasteiger partial charge in [0.25, 0.3) is 0 Å². The summed E-state index contributed by atoms with van der Waals surface area (Å²) in [6, 6.07) is 11.0. The average molecular weight is 294 g/mol. The SMILES string of the molecule is CC(=O)c1ccc(C#N)c(NCc2cccnc2N(C)C)c1. The van der Waals surface area contributed by atoms with Crippen molar-refractivity contribution < 1.29 is 4.79 Å². The Bertz CT molecular complexity index is 732. The van der Waals surface area contributed by atoms with E-state index in [-0.39, 0.29) is 5.78 Å². The molecule has 0 unspecified atom stereocenters. The minimum absolute atomic E-state index is 0.0251. The number of nitrogens with zero attached hydrogens (tertiary/aromatic N) is 3. The number of aromatic nitrogens is 1. The van der Waals surface area contributed by atoms with Crippen molar-refractivity contribution in [3.8, 4) is 6.07 Å². The van der Waals surface area contributed by atoms with Gasteiger partial charge in [0.15, 0.2) is 5.78 Å². The highest BCUT2D eigenvalue weighted by Crippen LogP contribution is 2.21. The smallest absolute Gasteiger partial charge is 0.159 e. The minimum atomic E-state index is -0.0251. The lowest BCUT2D eigenvalue weighted by atomic mass is 10.1. The van der Waals surface area contributed by atoms with Crippen LogP contribution >= 0.6 is 0 Å². The number of benzene rings is 1. The van der Waals surface area contributed by atoms with Crippen LogP contribution < -0.4 is 10.2 Å². The Kier molecular flexibility index (Phi) is 4.74. The Morgan fingerprint density at radius 3 is 2.77 bits per heavy atom. The standard InChI is InChI=1S/C17H18N4O/c1-12(22)13-6-7-14(10-18)16(9-13)20-11-15-5-4-8-19-17(15)21(2)3/h4-9,20H,11H2,1-3H3. The summed E-state index contributed by atoms with van der Waals surface area (Å²) in [7, 11) is 3.87. The van der Waals surface area contributed by atoms with Crippen LogP contribution in [0.25, 0.3) is 0 Å². The molecule has 0 saturated carbocycles. The fraction of sp³-hybridized carbons (Fsp3) is 0.235. The van der Waals surface area contributed by atoms with E-state index in [1.807, 2.05) is 31.1 Å². The number of carbonyl (C=O) groups is 1. The summed E-state index contributed by atoms with van der Waals surface area (Å²) in [4.78, 5) is 17.8. The lowest BCUT2D eigenvalue weighted by molar-refractivity contribution is 0.101. The van der Waals surface area contributed by atoms with Gasteiger partial charge in [-0.2, -0.15) is 5.26 Å². The van der Waals surface area contributed by atoms with Gasteiger partial charge in [0.2, 0.25) is 0 Å². The summed E-state index contributed by atoms with van der Waals surface area (Å²) in [6.45, 7) is 2.04. The average Bonchev–Trinajstić information content (AvgIpc) is 2.52. The van der Waals surface area contributed by atoms with Gasteiger partial charge in [-0.1, -0.05) is 6.07 Å². The maximum absolute atomic E-state index is 11.5. The van der Waals surface area contributed by atoms with Crippen LogP contribution in [0.4, 0.5) is 11.5 Å². The van der Waals surface area contributed by atoms with Crippen molar-refractivity contribution in [2.75, 3.05) is 24.3 Å². The molecular weight excluding hydrogens is 276 g/mol. The van der Waals surface area contributed by atoms with Crippen LogP contribution in [-0.4, -0.2) is 24.9 Å². The first-order valence-corrected chi connectivity index (χ1v) is 6.93. The second-order valence-electron chi connectivity index (χ2n) is 5.16. The van der Waals surface area contributed by atoms with Gasteiger partial charge in [-0.15, -0.1) is 0 Å². The number of nitrogens with one attached hydrogen (secondary N) is 1. The van der Waals surface area contributed by atoms with Crippen LogP contribution in [0.3, 0.4) is 0 Å². The molecule has 2 aromatic rings. The lowest BCUT2D eigenvalue weighted by Crippen LogP contribution is -2.15. The zero-order valence-corrected chi connectivity index (χ0v) is 12.9. The Morgan fingerprint density at radius 1 is 1.36 bits per heavy atom. The van der Waals surface area contributed by atoms with E-state index in [1.165, 1.54) is 6.92 Å². The highest BCUT2D eigenvalue weighted by molar-refractivity contribution is 5.95. The number of hydrogen-bond donors (Lipinski definition) is 1. The zero-order valence-electron chi connectivity index (χ0n) is 12.9. The molecule has 0 radical (unpaired) electrons. The van der Waals surface area contributed by atoms with E-state index in [2.05, 4.69) is 16.4 Å². The normalized spacial score (nSPS) is 9.91. The third-order valence-corrected chi connectivity index (χ3v) is 3.31. The van der Waals surface area contributed by atoms with Gasteiger partial charge < -0.3 is 10.2 Å². The first-order chi connectivity index (χ1) is 10.5. The van der Waals surface area contributed by atoms with Crippen LogP contribution in [0.5, 0.6) is 0 Å². The Labute approximate surface area is 130 Å². The fourth-order valence-electron chi connectivity index (χ4n) is 2.17. The molecule has 0 spiro atoms. The molecule has 0 saturated heterocycles. The largest absolute Gasteiger partial charge is 0.380 e. The molecule has 0 fully saturated rings. The third kappa shape index (κ3) is 3.41. The molecular formula is C17H18N4O. The van der Waals surface area contributed by atoms with E-state index in [1.54, 1.807) is 24.4 Å². The van der Waals surface area contributed by atoms with Crippen molar-refractivity contribution in [2.24, 2.45) is 0 Å². The predicted octanol–water partition coefficient (Wildman–Crippen LogP) is 2.83. The number of Topliss-reactive ketones (excluding diaryl/α,β-unsaturated/α-hetero) is 1. The number of anilines is 2. The Hall–Kier alpha value is -2.87. The van der Waals surface area contributed by atoms with E-state index >= 15 is 0 Å². The molecule has 1 aromatic carbocycles. The van der Waals surface area contributed by atoms with Crippen molar-refractivity contribution in [1.29, 1.82) is 5.26 Å². The molecule has 0 atom stereocenters. The molecule has 0 bridgehead atoms. The number of rotatable bonds is 5. The molecule has 5 nitrogen and oxygen atoms in total. The summed E-state index contributed by atoms with van der Waals surface area (Å²) in [6.07, 6.45) is 1.75. The highest BCUT2D eigenvalue weighted by atomic mass is 16.1. The minimum Gasteiger partial charge on any atom is -0.380 e. The van der Waals surface area contributed by atoms with Gasteiger partial charge in [0.05, 0.1) is 11.3 Å². The zero-order chi connectivity index (χ0) is 16.1. The second-order valence-corrected chi connectivity index (χ2v) is 5.16. The maximum Gasteiger partial charge on any atom is 0.159 e. The fourth-order valence-corrected chi connectivity index (χ4v) is 2.17. The van der Waals surface area contributed by atoms with Crippen LogP contribution in [-0.2, 0) is 6.54 Å². The Morgan fingerprint density at radius 2 is 2.14 bits per heavy atom. The van der Waals surface area contributed by atoms with Gasteiger partial charge in [-0.3, -0.25) is 4.79 Å². The summed E-state index contributed by atoms with van der Waals surface area (Å²) in [5.74, 6) is 0.846. The van der Waals surface area contributed by atoms with E-state index in [4.69, 9.17) is 0 Å². The van der Waals surface area contributed by atoms with E-state index in [9.17, 15) is 10.1 Å². The summed E-state index contributed by atoms with van der Waals surface area (Å²) >= 11 is 0. The molecule has 1 aromatic heterocycles. The van der Waals surface area contributed by atoms with Gasteiger partial charge in [-0.05, 0) is 31.2 Å². The third-order valence-electron chi connectivity index (χ3n) is 3.31. The number of ketones is 1. The molecule has 0 aliphatic rings. The Balaban J connectivity index is 2.27. The van der Waals surface area contributed by atoms with E-state index in [0.29, 0.717) is 23.4 Å². The number of pyridine rings is 1. The van der Waals surface area contributed by atoms with Crippen molar-refractivity contribution in [2.45, 2.75) is 13.5 Å². The van der Waals surface area contributed by atoms with Crippen molar-refractivity contribution in [3.63, 3.8) is 0 Å². The first-order valence-electron chi connectivity index (χ1n) is 6.93. The van der Waals surface area contributed by atoms with Crippen LogP contribution in [0.1, 0.15) is 28.4 Å². The highest BCUT2D eigenvalue weighted by Gasteiger charge is 2.09. The van der Waals surface area contributed by atoms with Crippen LogP contribution in [0.2, 0.25) is 0 Å². The van der Waals surface area contributed by atoms with E-state index < -0.39 is 0 Å². The van der Waals surface area contributed by atoms with E-state index in [0.717, 1.165) is 11.4 Å². The topological polar surface area (TPSA) is 69.0 Å². The van der Waals surface area contributed by atoms with Crippen LogP contribution in [0.15, 0.2) is 36.5 Å². The van der Waals surface area contributed by atoms with Crippen molar-refractivity contribution in [1.82, 2.24) is 4.98 Å². The molecule has 5 heteroatoms. The first kappa shape index (κ1) is 15.5. The lowest BCUT2D eigenvalue weighted by Gasteiger charge is -2.17. The van der Waals surface area contributed by atoms with Crippen molar-refractivity contribution in [3.05, 3.63) is 53.2 Å². The maximum atomic E-state index is 11.5. The molecule has 0 amide bonds. The molecule has 112 valence electrons. The van der Waals surface area contributed by atoms with Crippen LogP contribution in [0, 0.1) is 11.3 Å². The van der Waals surface area contributed by atoms with Gasteiger partial charge >= 0.3 is 0 Å². The quantitative estimate of drug-likeness (QED) is 0.859. The summed E-state index contributed by atoms with van der Waals surface area (Å²) < 4.78 is 0. The number of hydrogen-bond acceptors (Lipinski definition) is 5. The van der Waals surface area contributed by atoms with Crippen molar-refractivity contribution >= 4 is 17.3 Å². The molecule has 0 aliphatic carbocycles. The second kappa shape index (κ2) is 6.72. The number of carbonyl (C=O) groups excluding carboxylic acids is 1. The molecule has 0 aliphatic heterocycles. The summed E-state index contributed by atoms with van der Waals surface area (Å²) in [5, 5.41) is 12.4. The molecule has 1 N–H and O–H groups in total. The van der Waals surface area contributed by atoms with Gasteiger partial charge in [0, 0.05) is 38.0 Å². The molecule has 22 heavy (non-hydrogen) atoms. The molecule has 1 heterocycles. The monoisotopic (exact) mass is 294 g/mol. The predicted molar refractivity (Wildman–Crippen MR) is 87.1 cm³/mol. The van der Waals surface area contributed by atoms with Gasteiger partial charge in [-0.25, -0.2) is 4.98 Å². The summed E-state index contributed by atoms with van der Waals surface area (Å²) in [5.41, 5.74) is 2.77. The molecule has 2 rings (SSSR count). The van der Waals surface area contributed by atoms with Gasteiger partial charge in [0.1, 0.15) is 11.9 Å².